The van der Waals surface area contributed by atoms with E-state index in [0.29, 0.717) is 16.7 Å². The van der Waals surface area contributed by atoms with Crippen LogP contribution in [-0.4, -0.2) is 23.9 Å². The maximum Gasteiger partial charge on any atom is 0.222 e. The zero-order valence-electron chi connectivity index (χ0n) is 24.1. The lowest BCUT2D eigenvalue weighted by Gasteiger charge is -2.60. The minimum atomic E-state index is 0.448. The molecule has 7 atom stereocenters. The molecule has 0 aromatic heterocycles. The van der Waals surface area contributed by atoms with Crippen LogP contribution in [0.3, 0.4) is 0 Å². The third kappa shape index (κ3) is 5.82. The maximum absolute atomic E-state index is 13.2. The van der Waals surface area contributed by atoms with Crippen molar-refractivity contribution in [3.8, 4) is 0 Å². The molecule has 4 unspecified atom stereocenters. The van der Waals surface area contributed by atoms with Crippen LogP contribution in [0.2, 0.25) is 0 Å². The number of fused-ring (bicyclic) bond motifs is 5. The molecule has 0 spiro atoms. The number of hydrogen-bond acceptors (Lipinski definition) is 1. The zero-order chi connectivity index (χ0) is 24.9. The van der Waals surface area contributed by atoms with Gasteiger partial charge in [0.15, 0.2) is 0 Å². The van der Waals surface area contributed by atoms with Crippen molar-refractivity contribution in [1.82, 2.24) is 4.90 Å². The van der Waals surface area contributed by atoms with Gasteiger partial charge in [-0.15, -0.1) is 0 Å². The standard InChI is InChI=1S/C33H59NO/c1-5-7-11-24-34(25-12-8-6-2)31(35)16-13-15-27-18-20-29-28-19-17-26-14-9-10-22-32(26,3)30(28)21-23-33(27,29)4/h26-30H,5-25H2,1-4H3/t26?,27-,28?,29?,30?,32-,33+/m0/s1. The summed E-state index contributed by atoms with van der Waals surface area (Å²) in [4.78, 5) is 15.4. The van der Waals surface area contributed by atoms with Crippen molar-refractivity contribution in [3.63, 3.8) is 0 Å². The van der Waals surface area contributed by atoms with Crippen LogP contribution >= 0.6 is 0 Å². The number of amides is 1. The molecule has 4 aliphatic carbocycles. The molecule has 0 aromatic rings. The molecule has 1 amide bonds. The molecule has 202 valence electrons. The largest absolute Gasteiger partial charge is 0.343 e. The van der Waals surface area contributed by atoms with Crippen molar-refractivity contribution in [2.45, 2.75) is 150 Å². The maximum atomic E-state index is 13.2. The van der Waals surface area contributed by atoms with Crippen LogP contribution in [0.5, 0.6) is 0 Å². The Balaban J connectivity index is 1.30. The van der Waals surface area contributed by atoms with Crippen molar-refractivity contribution in [3.05, 3.63) is 0 Å². The van der Waals surface area contributed by atoms with Crippen LogP contribution in [0.15, 0.2) is 0 Å². The van der Waals surface area contributed by atoms with Crippen LogP contribution in [0, 0.1) is 40.4 Å². The minimum Gasteiger partial charge on any atom is -0.343 e. The van der Waals surface area contributed by atoms with E-state index in [1.165, 1.54) is 109 Å². The predicted octanol–water partition coefficient (Wildman–Crippen LogP) is 9.41. The fourth-order valence-electron chi connectivity index (χ4n) is 10.0. The Morgan fingerprint density at radius 3 is 2.17 bits per heavy atom. The number of carbonyl (C=O) groups excluding carboxylic acids is 1. The Labute approximate surface area is 218 Å². The summed E-state index contributed by atoms with van der Waals surface area (Å²) >= 11 is 0. The summed E-state index contributed by atoms with van der Waals surface area (Å²) in [6.45, 7) is 11.9. The van der Waals surface area contributed by atoms with Gasteiger partial charge in [-0.3, -0.25) is 4.79 Å². The number of carbonyl (C=O) groups is 1. The molecular formula is C33H59NO. The van der Waals surface area contributed by atoms with E-state index in [1.807, 2.05) is 0 Å². The second kappa shape index (κ2) is 12.3. The Morgan fingerprint density at radius 2 is 1.46 bits per heavy atom. The summed E-state index contributed by atoms with van der Waals surface area (Å²) < 4.78 is 0. The number of rotatable bonds is 12. The summed E-state index contributed by atoms with van der Waals surface area (Å²) in [5, 5.41) is 0. The first-order chi connectivity index (χ1) is 16.9. The van der Waals surface area contributed by atoms with Gasteiger partial charge < -0.3 is 4.90 Å². The minimum absolute atomic E-state index is 0.448. The van der Waals surface area contributed by atoms with Gasteiger partial charge in [-0.2, -0.15) is 0 Å². The van der Waals surface area contributed by atoms with Gasteiger partial charge in [0.2, 0.25) is 5.91 Å². The first-order valence-electron chi connectivity index (χ1n) is 16.2. The van der Waals surface area contributed by atoms with Gasteiger partial charge in [0, 0.05) is 19.5 Å². The second-order valence-electron chi connectivity index (χ2n) is 13.9. The van der Waals surface area contributed by atoms with Crippen molar-refractivity contribution in [2.75, 3.05) is 13.1 Å². The topological polar surface area (TPSA) is 20.3 Å². The fraction of sp³-hybridized carbons (Fsp3) is 0.970. The van der Waals surface area contributed by atoms with E-state index in [2.05, 4.69) is 32.6 Å². The summed E-state index contributed by atoms with van der Waals surface area (Å²) in [7, 11) is 0. The number of nitrogens with zero attached hydrogens (tertiary/aromatic N) is 1. The molecule has 2 heteroatoms. The third-order valence-corrected chi connectivity index (χ3v) is 12.1. The Hall–Kier alpha value is -0.530. The molecule has 0 N–H and O–H groups in total. The zero-order valence-corrected chi connectivity index (χ0v) is 24.1. The number of hydrogen-bond donors (Lipinski definition) is 0. The van der Waals surface area contributed by atoms with Gasteiger partial charge in [0.05, 0.1) is 0 Å². The lowest BCUT2D eigenvalue weighted by molar-refractivity contribution is -0.131. The molecule has 0 heterocycles. The van der Waals surface area contributed by atoms with Gasteiger partial charge in [-0.1, -0.05) is 66.2 Å². The predicted molar refractivity (Wildman–Crippen MR) is 149 cm³/mol. The van der Waals surface area contributed by atoms with E-state index in [0.717, 1.165) is 55.5 Å². The van der Waals surface area contributed by atoms with Gasteiger partial charge in [-0.25, -0.2) is 0 Å². The molecule has 0 radical (unpaired) electrons. The SMILES string of the molecule is CCCCCN(CCCCC)C(=O)CCC[C@H]1CCC2C3CCC4CCCC[C@]4(C)C3CC[C@@]21C. The smallest absolute Gasteiger partial charge is 0.222 e. The van der Waals surface area contributed by atoms with Gasteiger partial charge in [0.1, 0.15) is 0 Å². The average Bonchev–Trinajstić information content (AvgIpc) is 3.19. The molecule has 4 rings (SSSR count). The molecule has 0 bridgehead atoms. The summed E-state index contributed by atoms with van der Waals surface area (Å²) in [5.41, 5.74) is 1.22. The molecule has 2 nitrogen and oxygen atoms in total. The average molecular weight is 486 g/mol. The molecule has 4 aliphatic rings. The van der Waals surface area contributed by atoms with E-state index < -0.39 is 0 Å². The summed E-state index contributed by atoms with van der Waals surface area (Å²) in [6, 6.07) is 0. The van der Waals surface area contributed by atoms with Gasteiger partial charge >= 0.3 is 0 Å². The Morgan fingerprint density at radius 1 is 0.743 bits per heavy atom. The number of unbranched alkanes of at least 4 members (excludes halogenated alkanes) is 4. The molecule has 35 heavy (non-hydrogen) atoms. The molecule has 4 saturated carbocycles. The van der Waals surface area contributed by atoms with Crippen molar-refractivity contribution in [1.29, 1.82) is 0 Å². The van der Waals surface area contributed by atoms with Crippen LogP contribution in [0.1, 0.15) is 150 Å². The van der Waals surface area contributed by atoms with Gasteiger partial charge in [0.25, 0.3) is 0 Å². The Kier molecular flexibility index (Phi) is 9.70. The Bertz CT molecular complexity index is 664. The van der Waals surface area contributed by atoms with E-state index in [9.17, 15) is 4.79 Å². The molecular weight excluding hydrogens is 426 g/mol. The molecule has 0 aliphatic heterocycles. The van der Waals surface area contributed by atoms with E-state index in [4.69, 9.17) is 0 Å². The lowest BCUT2D eigenvalue weighted by Crippen LogP contribution is -2.52. The van der Waals surface area contributed by atoms with E-state index in [1.54, 1.807) is 0 Å². The highest BCUT2D eigenvalue weighted by atomic mass is 16.2. The second-order valence-corrected chi connectivity index (χ2v) is 13.9. The van der Waals surface area contributed by atoms with Crippen LogP contribution < -0.4 is 0 Å². The quantitative estimate of drug-likeness (QED) is 0.252. The first kappa shape index (κ1) is 27.5. The third-order valence-electron chi connectivity index (χ3n) is 12.1. The molecule has 0 aromatic carbocycles. The van der Waals surface area contributed by atoms with Crippen molar-refractivity contribution in [2.24, 2.45) is 40.4 Å². The van der Waals surface area contributed by atoms with E-state index in [-0.39, 0.29) is 0 Å². The molecule has 4 fully saturated rings. The van der Waals surface area contributed by atoms with Crippen LogP contribution in [0.4, 0.5) is 0 Å². The summed E-state index contributed by atoms with van der Waals surface area (Å²) in [6.07, 6.45) is 25.5. The lowest BCUT2D eigenvalue weighted by atomic mass is 9.45. The fourth-order valence-corrected chi connectivity index (χ4v) is 10.0. The highest BCUT2D eigenvalue weighted by Gasteiger charge is 2.59. The monoisotopic (exact) mass is 485 g/mol. The normalized spacial score (nSPS) is 38.5. The van der Waals surface area contributed by atoms with Crippen molar-refractivity contribution < 1.29 is 4.79 Å². The van der Waals surface area contributed by atoms with Crippen LogP contribution in [-0.2, 0) is 4.79 Å². The molecule has 0 saturated heterocycles. The van der Waals surface area contributed by atoms with E-state index >= 15 is 0 Å². The first-order valence-corrected chi connectivity index (χ1v) is 16.2. The summed E-state index contributed by atoms with van der Waals surface area (Å²) in [5.74, 6) is 5.34. The highest BCUT2D eigenvalue weighted by Crippen LogP contribution is 2.67. The van der Waals surface area contributed by atoms with Crippen molar-refractivity contribution >= 4 is 5.91 Å². The van der Waals surface area contributed by atoms with Crippen LogP contribution in [0.25, 0.3) is 0 Å². The van der Waals surface area contributed by atoms with Gasteiger partial charge in [-0.05, 0) is 117 Å². The highest BCUT2D eigenvalue weighted by molar-refractivity contribution is 5.76.